The second-order valence-electron chi connectivity index (χ2n) is 6.68. The number of carbonyl (C=O) groups is 1. The van der Waals surface area contributed by atoms with Crippen LogP contribution in [0, 0.1) is 5.92 Å². The zero-order valence-electron chi connectivity index (χ0n) is 12.1. The molecule has 0 radical (unpaired) electrons. The summed E-state index contributed by atoms with van der Waals surface area (Å²) in [6.07, 6.45) is 1.74. The van der Waals surface area contributed by atoms with Crippen molar-refractivity contribution >= 4 is 5.78 Å². The van der Waals surface area contributed by atoms with Crippen molar-refractivity contribution in [3.63, 3.8) is 0 Å². The van der Waals surface area contributed by atoms with Crippen LogP contribution in [-0.2, 0) is 14.3 Å². The van der Waals surface area contributed by atoms with Gasteiger partial charge in [-0.05, 0) is 40.5 Å². The zero-order chi connectivity index (χ0) is 13.6. The monoisotopic (exact) mass is 255 g/mol. The third kappa shape index (κ3) is 2.60. The summed E-state index contributed by atoms with van der Waals surface area (Å²) in [6.45, 7) is 8.93. The molecule has 3 unspecified atom stereocenters. The van der Waals surface area contributed by atoms with Gasteiger partial charge in [0.25, 0.3) is 0 Å². The Labute approximate surface area is 109 Å². The number of hydrogen-bond donors (Lipinski definition) is 1. The Morgan fingerprint density at radius 1 is 1.33 bits per heavy atom. The highest BCUT2D eigenvalue weighted by Gasteiger charge is 2.51. The first-order valence-corrected chi connectivity index (χ1v) is 6.75. The molecule has 3 atom stereocenters. The largest absolute Gasteiger partial charge is 0.380 e. The van der Waals surface area contributed by atoms with Crippen molar-refractivity contribution in [1.29, 1.82) is 0 Å². The Balaban J connectivity index is 2.06. The van der Waals surface area contributed by atoms with Gasteiger partial charge in [-0.3, -0.25) is 4.79 Å². The molecule has 1 N–H and O–H groups in total. The van der Waals surface area contributed by atoms with E-state index < -0.39 is 0 Å². The smallest absolute Gasteiger partial charge is 0.155 e. The zero-order valence-corrected chi connectivity index (χ0v) is 12.1. The van der Waals surface area contributed by atoms with Gasteiger partial charge in [-0.15, -0.1) is 0 Å². The van der Waals surface area contributed by atoms with Gasteiger partial charge in [-0.2, -0.15) is 0 Å². The van der Waals surface area contributed by atoms with Crippen molar-refractivity contribution in [3.8, 4) is 0 Å². The van der Waals surface area contributed by atoms with Crippen LogP contribution >= 0.6 is 0 Å². The van der Waals surface area contributed by atoms with E-state index >= 15 is 0 Å². The molecule has 18 heavy (non-hydrogen) atoms. The van der Waals surface area contributed by atoms with Crippen molar-refractivity contribution in [2.75, 3.05) is 13.7 Å². The van der Waals surface area contributed by atoms with E-state index in [9.17, 15) is 4.79 Å². The summed E-state index contributed by atoms with van der Waals surface area (Å²) in [5, 5.41) is 3.27. The van der Waals surface area contributed by atoms with Gasteiger partial charge in [0.15, 0.2) is 5.78 Å². The maximum absolute atomic E-state index is 12.6. The normalized spacial score (nSPS) is 37.9. The lowest BCUT2D eigenvalue weighted by Gasteiger charge is -2.27. The molecule has 4 nitrogen and oxygen atoms in total. The molecule has 0 bridgehead atoms. The molecule has 0 aromatic carbocycles. The van der Waals surface area contributed by atoms with E-state index in [1.807, 2.05) is 13.8 Å². The van der Waals surface area contributed by atoms with E-state index in [0.717, 1.165) is 19.4 Å². The van der Waals surface area contributed by atoms with Crippen LogP contribution in [0.4, 0.5) is 0 Å². The van der Waals surface area contributed by atoms with Crippen molar-refractivity contribution in [3.05, 3.63) is 0 Å². The molecule has 2 rings (SSSR count). The fraction of sp³-hybridized carbons (Fsp3) is 0.929. The second kappa shape index (κ2) is 4.58. The minimum atomic E-state index is -0.368. The van der Waals surface area contributed by atoms with E-state index in [2.05, 4.69) is 19.2 Å². The molecule has 2 aliphatic rings. The van der Waals surface area contributed by atoms with Crippen LogP contribution < -0.4 is 5.32 Å². The highest BCUT2D eigenvalue weighted by Crippen LogP contribution is 2.43. The standard InChI is InChI=1S/C14H25NO3/c1-13(2)7-10(14(3,4)18-13)12(16)11-6-9(17-5)8-15-11/h9-11,15H,6-8H2,1-5H3. The Morgan fingerprint density at radius 3 is 2.44 bits per heavy atom. The van der Waals surface area contributed by atoms with Gasteiger partial charge in [0.2, 0.25) is 0 Å². The van der Waals surface area contributed by atoms with Crippen LogP contribution in [0.15, 0.2) is 0 Å². The molecule has 2 heterocycles. The Kier molecular flexibility index (Phi) is 3.56. The van der Waals surface area contributed by atoms with Gasteiger partial charge < -0.3 is 14.8 Å². The van der Waals surface area contributed by atoms with Crippen LogP contribution in [0.1, 0.15) is 40.5 Å². The van der Waals surface area contributed by atoms with Crippen molar-refractivity contribution < 1.29 is 14.3 Å². The summed E-state index contributed by atoms with van der Waals surface area (Å²) in [6, 6.07) is -0.0725. The minimum absolute atomic E-state index is 0.0272. The lowest BCUT2D eigenvalue weighted by molar-refractivity contribution is -0.131. The maximum atomic E-state index is 12.6. The maximum Gasteiger partial charge on any atom is 0.155 e. The number of rotatable bonds is 3. The molecule has 4 heteroatoms. The van der Waals surface area contributed by atoms with Gasteiger partial charge in [-0.25, -0.2) is 0 Å². The third-order valence-corrected chi connectivity index (χ3v) is 4.18. The van der Waals surface area contributed by atoms with Crippen LogP contribution in [-0.4, -0.2) is 42.8 Å². The fourth-order valence-corrected chi connectivity index (χ4v) is 3.35. The van der Waals surface area contributed by atoms with Crippen LogP contribution in [0.2, 0.25) is 0 Å². The van der Waals surface area contributed by atoms with Crippen molar-refractivity contribution in [2.24, 2.45) is 5.92 Å². The average molecular weight is 255 g/mol. The van der Waals surface area contributed by atoms with Gasteiger partial charge in [0, 0.05) is 13.7 Å². The van der Waals surface area contributed by atoms with Gasteiger partial charge >= 0.3 is 0 Å². The summed E-state index contributed by atoms with van der Waals surface area (Å²) < 4.78 is 11.3. The van der Waals surface area contributed by atoms with Crippen LogP contribution in [0.25, 0.3) is 0 Å². The Hall–Kier alpha value is -0.450. The molecule has 2 saturated heterocycles. The summed E-state index contributed by atoms with van der Waals surface area (Å²) in [4.78, 5) is 12.6. The number of carbonyl (C=O) groups excluding carboxylic acids is 1. The molecule has 0 spiro atoms. The van der Waals surface area contributed by atoms with Crippen molar-refractivity contribution in [2.45, 2.75) is 63.9 Å². The number of Topliss-reactive ketones (excluding diaryl/α,β-unsaturated/α-hetero) is 1. The van der Waals surface area contributed by atoms with Crippen LogP contribution in [0.5, 0.6) is 0 Å². The van der Waals surface area contributed by atoms with Crippen molar-refractivity contribution in [1.82, 2.24) is 5.32 Å². The van der Waals surface area contributed by atoms with Crippen LogP contribution in [0.3, 0.4) is 0 Å². The second-order valence-corrected chi connectivity index (χ2v) is 6.68. The first kappa shape index (κ1) is 14.0. The molecule has 0 aliphatic carbocycles. The molecule has 0 amide bonds. The minimum Gasteiger partial charge on any atom is -0.380 e. The molecular weight excluding hydrogens is 230 g/mol. The lowest BCUT2D eigenvalue weighted by atomic mass is 9.81. The predicted molar refractivity (Wildman–Crippen MR) is 69.6 cm³/mol. The molecule has 0 saturated carbocycles. The number of hydrogen-bond acceptors (Lipinski definition) is 4. The fourth-order valence-electron chi connectivity index (χ4n) is 3.35. The predicted octanol–water partition coefficient (Wildman–Crippen LogP) is 1.53. The van der Waals surface area contributed by atoms with Gasteiger partial charge in [0.05, 0.1) is 29.3 Å². The van der Waals surface area contributed by atoms with E-state index in [0.29, 0.717) is 0 Å². The lowest BCUT2D eigenvalue weighted by Crippen LogP contribution is -2.42. The molecule has 0 aromatic heterocycles. The van der Waals surface area contributed by atoms with Gasteiger partial charge in [0.1, 0.15) is 0 Å². The SMILES string of the molecule is COC1CNC(C(=O)C2CC(C)(C)OC2(C)C)C1. The molecule has 104 valence electrons. The quantitative estimate of drug-likeness (QED) is 0.831. The molecule has 0 aromatic rings. The first-order chi connectivity index (χ1) is 8.25. The summed E-state index contributed by atoms with van der Waals surface area (Å²) >= 11 is 0. The summed E-state index contributed by atoms with van der Waals surface area (Å²) in [7, 11) is 1.70. The Morgan fingerprint density at radius 2 is 2.00 bits per heavy atom. The first-order valence-electron chi connectivity index (χ1n) is 6.75. The Bertz CT molecular complexity index is 338. The van der Waals surface area contributed by atoms with E-state index in [-0.39, 0.29) is 35.0 Å². The van der Waals surface area contributed by atoms with E-state index in [1.165, 1.54) is 0 Å². The topological polar surface area (TPSA) is 47.6 Å². The van der Waals surface area contributed by atoms with Gasteiger partial charge in [-0.1, -0.05) is 0 Å². The number of methoxy groups -OCH3 is 1. The highest BCUT2D eigenvalue weighted by molar-refractivity contribution is 5.88. The summed E-state index contributed by atoms with van der Waals surface area (Å²) in [5.41, 5.74) is -0.573. The number of ketones is 1. The highest BCUT2D eigenvalue weighted by atomic mass is 16.5. The molecule has 2 fully saturated rings. The molecular formula is C14H25NO3. The van der Waals surface area contributed by atoms with E-state index in [1.54, 1.807) is 7.11 Å². The number of nitrogens with one attached hydrogen (secondary N) is 1. The third-order valence-electron chi connectivity index (χ3n) is 4.18. The number of ether oxygens (including phenoxy) is 2. The van der Waals surface area contributed by atoms with E-state index in [4.69, 9.17) is 9.47 Å². The summed E-state index contributed by atoms with van der Waals surface area (Å²) in [5.74, 6) is 0.255. The average Bonchev–Trinajstić information content (AvgIpc) is 2.79. The molecule has 2 aliphatic heterocycles.